The summed E-state index contributed by atoms with van der Waals surface area (Å²) in [6.45, 7) is 5.00. The van der Waals surface area contributed by atoms with E-state index in [0.717, 1.165) is 38.0 Å². The normalized spacial score (nSPS) is 12.7. The molecular formula is C15H18BrIN2O. The zero-order chi connectivity index (χ0) is 14.7. The minimum Gasteiger partial charge on any atom is -0.388 e. The first-order chi connectivity index (χ1) is 9.55. The lowest BCUT2D eigenvalue weighted by Crippen LogP contribution is -2.09. The monoisotopic (exact) mass is 448 g/mol. The van der Waals surface area contributed by atoms with Gasteiger partial charge in [0.05, 0.1) is 11.8 Å². The van der Waals surface area contributed by atoms with Crippen molar-refractivity contribution >= 4 is 38.5 Å². The summed E-state index contributed by atoms with van der Waals surface area (Å²) < 4.78 is 4.05. The van der Waals surface area contributed by atoms with Gasteiger partial charge in [0.1, 0.15) is 0 Å². The third-order valence-corrected chi connectivity index (χ3v) is 4.77. The fourth-order valence-corrected chi connectivity index (χ4v) is 3.28. The van der Waals surface area contributed by atoms with Crippen molar-refractivity contribution in [2.75, 3.05) is 0 Å². The summed E-state index contributed by atoms with van der Waals surface area (Å²) in [6.07, 6.45) is 1.00. The molecule has 0 bridgehead atoms. The molecule has 2 rings (SSSR count). The number of nitrogens with zero attached hydrogens (tertiary/aromatic N) is 2. The molecule has 1 aromatic carbocycles. The minimum atomic E-state index is -0.508. The van der Waals surface area contributed by atoms with E-state index in [1.807, 2.05) is 22.9 Å². The predicted octanol–water partition coefficient (Wildman–Crippen LogP) is 4.11. The van der Waals surface area contributed by atoms with Gasteiger partial charge in [-0.2, -0.15) is 5.10 Å². The number of hydrogen-bond acceptors (Lipinski definition) is 2. The van der Waals surface area contributed by atoms with E-state index in [9.17, 15) is 5.11 Å². The molecule has 20 heavy (non-hydrogen) atoms. The Hall–Kier alpha value is -0.400. The van der Waals surface area contributed by atoms with Crippen LogP contribution in [0.1, 0.15) is 36.9 Å². The van der Waals surface area contributed by atoms with Crippen LogP contribution in [0.2, 0.25) is 0 Å². The van der Waals surface area contributed by atoms with Gasteiger partial charge in [0.2, 0.25) is 0 Å². The number of hydrogen-bond donors (Lipinski definition) is 1. The molecule has 0 saturated carbocycles. The zero-order valence-electron chi connectivity index (χ0n) is 11.6. The lowest BCUT2D eigenvalue weighted by atomic mass is 10.0. The van der Waals surface area contributed by atoms with Crippen molar-refractivity contribution in [3.63, 3.8) is 0 Å². The Morgan fingerprint density at radius 1 is 1.35 bits per heavy atom. The van der Waals surface area contributed by atoms with Gasteiger partial charge in [-0.05, 0) is 65.8 Å². The Morgan fingerprint density at radius 3 is 2.75 bits per heavy atom. The number of aryl methyl sites for hydroxylation is 2. The molecule has 0 amide bonds. The molecule has 1 atom stereocenters. The van der Waals surface area contributed by atoms with Gasteiger partial charge in [-0.3, -0.25) is 4.68 Å². The zero-order valence-corrected chi connectivity index (χ0v) is 15.3. The maximum Gasteiger partial charge on any atom is 0.0855 e. The van der Waals surface area contributed by atoms with Gasteiger partial charge in [-0.25, -0.2) is 0 Å². The minimum absolute atomic E-state index is 0.508. The smallest absolute Gasteiger partial charge is 0.0855 e. The van der Waals surface area contributed by atoms with Crippen LogP contribution in [0.5, 0.6) is 0 Å². The van der Waals surface area contributed by atoms with Crippen LogP contribution >= 0.6 is 38.5 Å². The van der Waals surface area contributed by atoms with Crippen molar-refractivity contribution in [2.24, 2.45) is 0 Å². The van der Waals surface area contributed by atoms with E-state index < -0.39 is 6.10 Å². The van der Waals surface area contributed by atoms with Crippen molar-refractivity contribution < 1.29 is 5.11 Å². The molecule has 3 nitrogen and oxygen atoms in total. The van der Waals surface area contributed by atoms with Crippen molar-refractivity contribution in [2.45, 2.75) is 39.3 Å². The maximum atomic E-state index is 10.5. The van der Waals surface area contributed by atoms with E-state index in [4.69, 9.17) is 0 Å². The molecule has 0 radical (unpaired) electrons. The van der Waals surface area contributed by atoms with Crippen LogP contribution in [0.15, 0.2) is 28.7 Å². The van der Waals surface area contributed by atoms with E-state index in [2.05, 4.69) is 63.5 Å². The van der Waals surface area contributed by atoms with E-state index in [1.54, 1.807) is 0 Å². The molecule has 1 heterocycles. The Labute approximate surface area is 141 Å². The Bertz CT molecular complexity index is 598. The standard InChI is InChI=1S/C15H18BrIN2O/c1-3-11-8-12(19(4-2)18-11)9-15(20)13-7-10(16)5-6-14(13)17/h5-8,15,20H,3-4,9H2,1-2H3. The Kier molecular flexibility index (Phi) is 5.63. The van der Waals surface area contributed by atoms with Crippen molar-refractivity contribution in [3.8, 4) is 0 Å². The highest BCUT2D eigenvalue weighted by molar-refractivity contribution is 14.1. The van der Waals surface area contributed by atoms with Gasteiger partial charge in [0, 0.05) is 26.7 Å². The van der Waals surface area contributed by atoms with Gasteiger partial charge >= 0.3 is 0 Å². The van der Waals surface area contributed by atoms with Crippen LogP contribution in [-0.4, -0.2) is 14.9 Å². The summed E-state index contributed by atoms with van der Waals surface area (Å²) in [7, 11) is 0. The van der Waals surface area contributed by atoms with Crippen LogP contribution < -0.4 is 0 Å². The summed E-state index contributed by atoms with van der Waals surface area (Å²) in [5, 5.41) is 15.0. The van der Waals surface area contributed by atoms with E-state index in [0.29, 0.717) is 6.42 Å². The van der Waals surface area contributed by atoms with Crippen LogP contribution in [0.3, 0.4) is 0 Å². The molecular weight excluding hydrogens is 431 g/mol. The largest absolute Gasteiger partial charge is 0.388 e. The molecule has 2 aromatic rings. The van der Waals surface area contributed by atoms with Crippen molar-refractivity contribution in [1.29, 1.82) is 0 Å². The number of benzene rings is 1. The molecule has 0 saturated heterocycles. The lowest BCUT2D eigenvalue weighted by Gasteiger charge is -2.14. The molecule has 1 unspecified atom stereocenters. The molecule has 0 aliphatic carbocycles. The average Bonchev–Trinajstić information content (AvgIpc) is 2.83. The molecule has 0 aliphatic rings. The molecule has 5 heteroatoms. The van der Waals surface area contributed by atoms with E-state index in [1.165, 1.54) is 0 Å². The first-order valence-electron chi connectivity index (χ1n) is 6.73. The number of halogens is 2. The quantitative estimate of drug-likeness (QED) is 0.699. The fraction of sp³-hybridized carbons (Fsp3) is 0.400. The van der Waals surface area contributed by atoms with Crippen LogP contribution in [0.4, 0.5) is 0 Å². The third-order valence-electron chi connectivity index (χ3n) is 3.30. The second kappa shape index (κ2) is 7.04. The predicted molar refractivity (Wildman–Crippen MR) is 92.8 cm³/mol. The van der Waals surface area contributed by atoms with Gasteiger partial charge in [0.15, 0.2) is 0 Å². The number of aliphatic hydroxyl groups excluding tert-OH is 1. The van der Waals surface area contributed by atoms with Gasteiger partial charge in [-0.15, -0.1) is 0 Å². The van der Waals surface area contributed by atoms with Crippen LogP contribution in [-0.2, 0) is 19.4 Å². The van der Waals surface area contributed by atoms with Gasteiger partial charge in [0.25, 0.3) is 0 Å². The first-order valence-corrected chi connectivity index (χ1v) is 8.60. The number of aromatic nitrogens is 2. The van der Waals surface area contributed by atoms with E-state index >= 15 is 0 Å². The van der Waals surface area contributed by atoms with Crippen LogP contribution in [0.25, 0.3) is 0 Å². The molecule has 0 spiro atoms. The molecule has 0 fully saturated rings. The average molecular weight is 449 g/mol. The van der Waals surface area contributed by atoms with Crippen molar-refractivity contribution in [3.05, 3.63) is 49.3 Å². The summed E-state index contributed by atoms with van der Waals surface area (Å²) >= 11 is 5.72. The Balaban J connectivity index is 2.24. The van der Waals surface area contributed by atoms with Crippen LogP contribution in [0, 0.1) is 3.57 Å². The fourth-order valence-electron chi connectivity index (χ4n) is 2.20. The molecule has 108 valence electrons. The number of aliphatic hydroxyl groups is 1. The second-order valence-electron chi connectivity index (χ2n) is 4.68. The first kappa shape index (κ1) is 16.0. The van der Waals surface area contributed by atoms with E-state index in [-0.39, 0.29) is 0 Å². The SMILES string of the molecule is CCc1cc(CC(O)c2cc(Br)ccc2I)n(CC)n1. The molecule has 0 aliphatic heterocycles. The second-order valence-corrected chi connectivity index (χ2v) is 6.76. The highest BCUT2D eigenvalue weighted by Gasteiger charge is 2.16. The topological polar surface area (TPSA) is 38.0 Å². The molecule has 1 N–H and O–H groups in total. The Morgan fingerprint density at radius 2 is 2.10 bits per heavy atom. The summed E-state index contributed by atoms with van der Waals surface area (Å²) in [6, 6.07) is 8.08. The maximum absolute atomic E-state index is 10.5. The summed E-state index contributed by atoms with van der Waals surface area (Å²) in [4.78, 5) is 0. The van der Waals surface area contributed by atoms with Gasteiger partial charge in [-0.1, -0.05) is 22.9 Å². The third kappa shape index (κ3) is 3.62. The highest BCUT2D eigenvalue weighted by atomic mass is 127. The summed E-state index contributed by atoms with van der Waals surface area (Å²) in [5.74, 6) is 0. The summed E-state index contributed by atoms with van der Waals surface area (Å²) in [5.41, 5.74) is 3.13. The van der Waals surface area contributed by atoms with Crippen molar-refractivity contribution in [1.82, 2.24) is 9.78 Å². The van der Waals surface area contributed by atoms with Gasteiger partial charge < -0.3 is 5.11 Å². The lowest BCUT2D eigenvalue weighted by molar-refractivity contribution is 0.174. The number of rotatable bonds is 5. The molecule has 1 aromatic heterocycles. The highest BCUT2D eigenvalue weighted by Crippen LogP contribution is 2.26.